The molecule has 34 heavy (non-hydrogen) atoms. The molecular weight excluding hydrogens is 448 g/mol. The van der Waals surface area contributed by atoms with Gasteiger partial charge in [0.15, 0.2) is 5.76 Å². The summed E-state index contributed by atoms with van der Waals surface area (Å²) < 4.78 is 17.9. The molecule has 1 heterocycles. The molecule has 1 aromatic heterocycles. The van der Waals surface area contributed by atoms with Gasteiger partial charge in [0.1, 0.15) is 11.3 Å². The van der Waals surface area contributed by atoms with Gasteiger partial charge in [-0.2, -0.15) is 0 Å². The maximum atomic E-state index is 13.3. The average Bonchev–Trinajstić information content (AvgIpc) is 2.81. The highest BCUT2D eigenvalue weighted by Crippen LogP contribution is 2.33. The maximum Gasteiger partial charge on any atom is 0.235 e. The van der Waals surface area contributed by atoms with Crippen LogP contribution in [0.15, 0.2) is 75.9 Å². The van der Waals surface area contributed by atoms with Gasteiger partial charge >= 0.3 is 0 Å². The molecule has 0 fully saturated rings. The molecule has 0 aliphatic heterocycles. The van der Waals surface area contributed by atoms with Crippen molar-refractivity contribution in [2.45, 2.75) is 39.5 Å². The number of benzene rings is 3. The summed E-state index contributed by atoms with van der Waals surface area (Å²) in [6.07, 6.45) is 0.614. The highest BCUT2D eigenvalue weighted by molar-refractivity contribution is 6.31. The zero-order valence-corrected chi connectivity index (χ0v) is 20.7. The van der Waals surface area contributed by atoms with Gasteiger partial charge in [-0.25, -0.2) is 0 Å². The number of ether oxygens (including phenoxy) is 2. The van der Waals surface area contributed by atoms with Crippen LogP contribution in [0.4, 0.5) is 0 Å². The van der Waals surface area contributed by atoms with Crippen LogP contribution in [-0.2, 0) is 5.41 Å². The van der Waals surface area contributed by atoms with E-state index in [2.05, 4.69) is 32.9 Å². The molecule has 0 unspecified atom stereocenters. The van der Waals surface area contributed by atoms with Crippen molar-refractivity contribution < 1.29 is 13.9 Å². The highest BCUT2D eigenvalue weighted by Gasteiger charge is 2.19. The van der Waals surface area contributed by atoms with Crippen molar-refractivity contribution in [2.75, 3.05) is 13.2 Å². The van der Waals surface area contributed by atoms with Crippen LogP contribution in [-0.4, -0.2) is 13.2 Å². The van der Waals surface area contributed by atoms with Crippen LogP contribution in [0, 0.1) is 6.92 Å². The summed E-state index contributed by atoms with van der Waals surface area (Å²) in [7, 11) is 0. The van der Waals surface area contributed by atoms with E-state index in [4.69, 9.17) is 25.5 Å². The second-order valence-electron chi connectivity index (χ2n) is 9.42. The fraction of sp³-hybridized carbons (Fsp3) is 0.276. The lowest BCUT2D eigenvalue weighted by atomic mass is 9.86. The fourth-order valence-corrected chi connectivity index (χ4v) is 3.82. The van der Waals surface area contributed by atoms with Crippen molar-refractivity contribution in [3.8, 4) is 22.8 Å². The summed E-state index contributed by atoms with van der Waals surface area (Å²) in [5.74, 6) is 1.42. The van der Waals surface area contributed by atoms with Crippen molar-refractivity contribution in [3.05, 3.63) is 93.1 Å². The molecule has 4 nitrogen and oxygen atoms in total. The fourth-order valence-electron chi connectivity index (χ4n) is 3.65. The molecule has 4 aromatic rings. The quantitative estimate of drug-likeness (QED) is 0.258. The smallest absolute Gasteiger partial charge is 0.235 e. The Balaban J connectivity index is 1.59. The normalized spacial score (nSPS) is 11.6. The minimum absolute atomic E-state index is 0.0241. The molecule has 0 amide bonds. The molecule has 176 valence electrons. The van der Waals surface area contributed by atoms with Gasteiger partial charge in [-0.1, -0.05) is 74.3 Å². The maximum absolute atomic E-state index is 13.3. The predicted octanol–water partition coefficient (Wildman–Crippen LogP) is 7.57. The van der Waals surface area contributed by atoms with Crippen molar-refractivity contribution in [1.82, 2.24) is 0 Å². The van der Waals surface area contributed by atoms with Gasteiger partial charge in [0.05, 0.1) is 18.6 Å². The third kappa shape index (κ3) is 5.45. The topological polar surface area (TPSA) is 48.7 Å². The summed E-state index contributed by atoms with van der Waals surface area (Å²) in [5.41, 5.74) is 3.42. The predicted molar refractivity (Wildman–Crippen MR) is 138 cm³/mol. The Morgan fingerprint density at radius 3 is 2.24 bits per heavy atom. The van der Waals surface area contributed by atoms with Gasteiger partial charge in [-0.3, -0.25) is 4.79 Å². The van der Waals surface area contributed by atoms with Crippen molar-refractivity contribution in [3.63, 3.8) is 0 Å². The van der Waals surface area contributed by atoms with Gasteiger partial charge in [0, 0.05) is 17.0 Å². The summed E-state index contributed by atoms with van der Waals surface area (Å²) >= 11 is 6.14. The van der Waals surface area contributed by atoms with Crippen LogP contribution in [0.3, 0.4) is 0 Å². The van der Waals surface area contributed by atoms with Crippen LogP contribution in [0.5, 0.6) is 11.5 Å². The van der Waals surface area contributed by atoms with Crippen molar-refractivity contribution >= 4 is 22.6 Å². The Labute approximate surface area is 205 Å². The average molecular weight is 477 g/mol. The molecule has 0 saturated carbocycles. The minimum atomic E-state index is -0.238. The molecule has 0 radical (unpaired) electrons. The van der Waals surface area contributed by atoms with E-state index in [0.29, 0.717) is 41.4 Å². The first-order valence-electron chi connectivity index (χ1n) is 11.4. The molecule has 5 heteroatoms. The SMILES string of the molecule is Cc1ccc(OCCCOc2c(-c3ccc(C(C)(C)C)cc3)oc3ccc(Cl)cc3c2=O)cc1. The molecule has 0 aliphatic carbocycles. The van der Waals surface area contributed by atoms with E-state index in [1.54, 1.807) is 18.2 Å². The number of fused-ring (bicyclic) bond motifs is 1. The molecular formula is C29H29ClO4. The molecule has 0 bridgehead atoms. The van der Waals surface area contributed by atoms with Crippen molar-refractivity contribution in [1.29, 1.82) is 0 Å². The molecule has 0 saturated heterocycles. The van der Waals surface area contributed by atoms with E-state index in [1.807, 2.05) is 43.3 Å². The number of aryl methyl sites for hydroxylation is 1. The zero-order valence-electron chi connectivity index (χ0n) is 20.0. The molecule has 0 spiro atoms. The number of hydrogen-bond donors (Lipinski definition) is 0. The Morgan fingerprint density at radius 2 is 1.56 bits per heavy atom. The summed E-state index contributed by atoms with van der Waals surface area (Å²) in [6.45, 7) is 9.31. The lowest BCUT2D eigenvalue weighted by Gasteiger charge is -2.19. The number of rotatable bonds is 7. The van der Waals surface area contributed by atoms with E-state index in [1.165, 1.54) is 11.1 Å². The van der Waals surface area contributed by atoms with Crippen LogP contribution in [0.2, 0.25) is 5.02 Å². The minimum Gasteiger partial charge on any atom is -0.493 e. The molecule has 0 N–H and O–H groups in total. The van der Waals surface area contributed by atoms with Gasteiger partial charge in [-0.05, 0) is 48.2 Å². The zero-order chi connectivity index (χ0) is 24.3. The monoisotopic (exact) mass is 476 g/mol. The van der Waals surface area contributed by atoms with Gasteiger partial charge in [-0.15, -0.1) is 0 Å². The molecule has 0 atom stereocenters. The Hall–Kier alpha value is -3.24. The van der Waals surface area contributed by atoms with Crippen LogP contribution < -0.4 is 14.9 Å². The first kappa shape index (κ1) is 23.9. The van der Waals surface area contributed by atoms with E-state index < -0.39 is 0 Å². The third-order valence-electron chi connectivity index (χ3n) is 5.65. The Bertz CT molecular complexity index is 1330. The van der Waals surface area contributed by atoms with E-state index in [9.17, 15) is 4.79 Å². The third-order valence-corrected chi connectivity index (χ3v) is 5.88. The highest BCUT2D eigenvalue weighted by atomic mass is 35.5. The van der Waals surface area contributed by atoms with E-state index in [-0.39, 0.29) is 16.6 Å². The summed E-state index contributed by atoms with van der Waals surface area (Å²) in [5, 5.41) is 0.869. The lowest BCUT2D eigenvalue weighted by molar-refractivity contribution is 0.244. The van der Waals surface area contributed by atoms with Gasteiger partial charge < -0.3 is 13.9 Å². The molecule has 4 rings (SSSR count). The first-order chi connectivity index (χ1) is 16.2. The summed E-state index contributed by atoms with van der Waals surface area (Å²) in [4.78, 5) is 13.3. The standard InChI is InChI=1S/C29H29ClO4/c1-19-6-13-23(14-7-19)32-16-5-17-33-28-26(31)24-18-22(30)12-15-25(24)34-27(28)20-8-10-21(11-9-20)29(2,3)4/h6-15,18H,5,16-17H2,1-4H3. The second-order valence-corrected chi connectivity index (χ2v) is 9.86. The van der Waals surface area contributed by atoms with Gasteiger partial charge in [0.2, 0.25) is 11.2 Å². The van der Waals surface area contributed by atoms with Crippen LogP contribution in [0.1, 0.15) is 38.3 Å². The Kier molecular flexibility index (Phi) is 6.99. The van der Waals surface area contributed by atoms with Crippen LogP contribution in [0.25, 0.3) is 22.3 Å². The molecule has 0 aliphatic rings. The second kappa shape index (κ2) is 9.94. The van der Waals surface area contributed by atoms with E-state index in [0.717, 1.165) is 11.3 Å². The lowest BCUT2D eigenvalue weighted by Crippen LogP contribution is -2.13. The van der Waals surface area contributed by atoms with Crippen LogP contribution >= 0.6 is 11.6 Å². The first-order valence-corrected chi connectivity index (χ1v) is 11.8. The number of hydrogen-bond acceptors (Lipinski definition) is 4. The van der Waals surface area contributed by atoms with Crippen molar-refractivity contribution in [2.24, 2.45) is 0 Å². The molecule has 3 aromatic carbocycles. The largest absolute Gasteiger partial charge is 0.493 e. The van der Waals surface area contributed by atoms with E-state index >= 15 is 0 Å². The number of halogens is 1. The Morgan fingerprint density at radius 1 is 0.882 bits per heavy atom. The summed E-state index contributed by atoms with van der Waals surface area (Å²) in [6, 6.07) is 21.0. The van der Waals surface area contributed by atoms with Gasteiger partial charge in [0.25, 0.3) is 0 Å².